The summed E-state index contributed by atoms with van der Waals surface area (Å²) < 4.78 is 6.59. The lowest BCUT2D eigenvalue weighted by atomic mass is 9.67. The van der Waals surface area contributed by atoms with Gasteiger partial charge in [0.15, 0.2) is 0 Å². The van der Waals surface area contributed by atoms with E-state index in [2.05, 4.69) is 22.0 Å². The van der Waals surface area contributed by atoms with Gasteiger partial charge in [0.25, 0.3) is 0 Å². The molecule has 3 aliphatic rings. The Labute approximate surface area is 190 Å². The van der Waals surface area contributed by atoms with E-state index in [9.17, 15) is 5.11 Å². The van der Waals surface area contributed by atoms with Crippen molar-refractivity contribution in [2.24, 2.45) is 5.73 Å². The number of ether oxygens (including phenoxy) is 1. The molecule has 5 N–H and O–H groups in total. The number of nitrogen functional groups attached to an aromatic ring is 1. The average Bonchev–Trinajstić information content (AvgIpc) is 3.24. The van der Waals surface area contributed by atoms with Crippen molar-refractivity contribution in [3.05, 3.63) is 29.6 Å². The first-order chi connectivity index (χ1) is 15.5. The van der Waals surface area contributed by atoms with Crippen molar-refractivity contribution in [2.45, 2.75) is 75.3 Å². The molecule has 7 heteroatoms. The molecule has 7 nitrogen and oxygen atoms in total. The van der Waals surface area contributed by atoms with E-state index in [1.807, 2.05) is 7.05 Å². The van der Waals surface area contributed by atoms with Crippen molar-refractivity contribution in [2.75, 3.05) is 30.8 Å². The highest BCUT2D eigenvalue weighted by atomic mass is 16.5. The van der Waals surface area contributed by atoms with Gasteiger partial charge in [0.2, 0.25) is 0 Å². The maximum atomic E-state index is 9.71. The van der Waals surface area contributed by atoms with Gasteiger partial charge in [-0.05, 0) is 62.6 Å². The number of aliphatic hydroxyl groups excluding tert-OH is 1. The van der Waals surface area contributed by atoms with Gasteiger partial charge in [0.1, 0.15) is 17.9 Å². The average molecular weight is 438 g/mol. The van der Waals surface area contributed by atoms with Crippen LogP contribution in [0.25, 0.3) is 11.3 Å². The Morgan fingerprint density at radius 3 is 2.62 bits per heavy atom. The van der Waals surface area contributed by atoms with Crippen molar-refractivity contribution in [1.82, 2.24) is 9.97 Å². The highest BCUT2D eigenvalue weighted by Crippen LogP contribution is 2.55. The third-order valence-electron chi connectivity index (χ3n) is 7.81. The number of likely N-dealkylation sites (N-methyl/N-ethyl adjacent to an activating group) is 1. The van der Waals surface area contributed by atoms with Crippen molar-refractivity contribution in [3.63, 3.8) is 0 Å². The smallest absolute Gasteiger partial charge is 0.143 e. The second-order valence-corrected chi connectivity index (χ2v) is 9.88. The van der Waals surface area contributed by atoms with Crippen LogP contribution in [0.3, 0.4) is 0 Å². The number of hydrogen-bond donors (Lipinski definition) is 3. The largest absolute Gasteiger partial charge is 0.488 e. The van der Waals surface area contributed by atoms with Crippen LogP contribution in [-0.2, 0) is 11.8 Å². The Hall–Kier alpha value is -2.38. The number of fused-ring (bicyclic) bond motifs is 4. The summed E-state index contributed by atoms with van der Waals surface area (Å²) in [6.07, 6.45) is 11.3. The molecule has 5 rings (SSSR count). The third kappa shape index (κ3) is 3.61. The Morgan fingerprint density at radius 1 is 1.16 bits per heavy atom. The third-order valence-corrected chi connectivity index (χ3v) is 7.81. The molecular formula is C25H35N5O2. The van der Waals surface area contributed by atoms with Gasteiger partial charge in [-0.15, -0.1) is 0 Å². The second-order valence-electron chi connectivity index (χ2n) is 9.88. The molecule has 0 aliphatic heterocycles. The maximum absolute atomic E-state index is 9.71. The molecule has 2 saturated carbocycles. The number of aromatic nitrogens is 2. The van der Waals surface area contributed by atoms with Crippen LogP contribution in [0.2, 0.25) is 0 Å². The zero-order chi connectivity index (χ0) is 22.3. The highest BCUT2D eigenvalue weighted by Gasteiger charge is 2.45. The minimum atomic E-state index is -0.0152. The lowest BCUT2D eigenvalue weighted by Crippen LogP contribution is -2.34. The Kier molecular flexibility index (Phi) is 5.72. The van der Waals surface area contributed by atoms with E-state index in [-0.39, 0.29) is 18.1 Å². The monoisotopic (exact) mass is 437 g/mol. The maximum Gasteiger partial charge on any atom is 0.143 e. The van der Waals surface area contributed by atoms with Gasteiger partial charge >= 0.3 is 0 Å². The van der Waals surface area contributed by atoms with Gasteiger partial charge in [-0.1, -0.05) is 12.8 Å². The van der Waals surface area contributed by atoms with Gasteiger partial charge in [0, 0.05) is 36.2 Å². The number of aliphatic hydroxyl groups is 1. The van der Waals surface area contributed by atoms with Gasteiger partial charge in [-0.2, -0.15) is 0 Å². The second kappa shape index (κ2) is 8.52. The van der Waals surface area contributed by atoms with E-state index >= 15 is 0 Å². The van der Waals surface area contributed by atoms with Crippen molar-refractivity contribution in [3.8, 4) is 17.0 Å². The predicted molar refractivity (Wildman–Crippen MR) is 127 cm³/mol. The van der Waals surface area contributed by atoms with E-state index in [1.165, 1.54) is 18.4 Å². The van der Waals surface area contributed by atoms with Crippen LogP contribution in [-0.4, -0.2) is 47.4 Å². The molecule has 1 heterocycles. The van der Waals surface area contributed by atoms with Gasteiger partial charge in [-0.3, -0.25) is 0 Å². The Bertz CT molecular complexity index is 981. The van der Waals surface area contributed by atoms with Crippen LogP contribution < -0.4 is 21.1 Å². The van der Waals surface area contributed by atoms with Crippen LogP contribution in [0.4, 0.5) is 11.5 Å². The number of anilines is 2. The molecule has 0 radical (unpaired) electrons. The summed E-state index contributed by atoms with van der Waals surface area (Å²) in [4.78, 5) is 11.2. The fourth-order valence-corrected chi connectivity index (χ4v) is 6.21. The van der Waals surface area contributed by atoms with Crippen molar-refractivity contribution in [1.29, 1.82) is 0 Å². The molecule has 1 aromatic carbocycles. The summed E-state index contributed by atoms with van der Waals surface area (Å²) in [5, 5.41) is 9.71. The minimum absolute atomic E-state index is 0.0152. The van der Waals surface area contributed by atoms with E-state index in [0.29, 0.717) is 18.4 Å². The quantitative estimate of drug-likeness (QED) is 0.659. The molecule has 1 aromatic heterocycles. The molecule has 0 amide bonds. The van der Waals surface area contributed by atoms with E-state index in [1.54, 1.807) is 6.33 Å². The minimum Gasteiger partial charge on any atom is -0.488 e. The van der Waals surface area contributed by atoms with Gasteiger partial charge < -0.3 is 26.2 Å². The van der Waals surface area contributed by atoms with Crippen molar-refractivity contribution < 1.29 is 9.84 Å². The topological polar surface area (TPSA) is 111 Å². The zero-order valence-corrected chi connectivity index (χ0v) is 19.0. The lowest BCUT2D eigenvalue weighted by Gasteiger charge is -2.39. The summed E-state index contributed by atoms with van der Waals surface area (Å²) >= 11 is 0. The first kappa shape index (κ1) is 21.5. The Morgan fingerprint density at radius 2 is 1.91 bits per heavy atom. The van der Waals surface area contributed by atoms with Crippen LogP contribution in [0, 0.1) is 0 Å². The lowest BCUT2D eigenvalue weighted by molar-refractivity contribution is 0.147. The van der Waals surface area contributed by atoms with Crippen LogP contribution in [0.15, 0.2) is 18.5 Å². The first-order valence-corrected chi connectivity index (χ1v) is 12.0. The predicted octanol–water partition coefficient (Wildman–Crippen LogP) is 3.17. The molecule has 32 heavy (non-hydrogen) atoms. The molecule has 1 spiro atoms. The zero-order valence-electron chi connectivity index (χ0n) is 19.0. The van der Waals surface area contributed by atoms with E-state index < -0.39 is 0 Å². The van der Waals surface area contributed by atoms with Crippen molar-refractivity contribution >= 4 is 11.5 Å². The first-order valence-electron chi connectivity index (χ1n) is 12.0. The van der Waals surface area contributed by atoms with Gasteiger partial charge in [-0.25, -0.2) is 9.97 Å². The molecule has 3 aliphatic carbocycles. The molecule has 172 valence electrons. The molecule has 0 unspecified atom stereocenters. The SMILES string of the molecule is CN(CCO)c1c(O[C@H]2CC[C@H](N)CC2)ccc2c1CC1(CCCC1)c1c(N)ncnc1-2. The van der Waals surface area contributed by atoms with E-state index in [0.717, 1.165) is 73.2 Å². The molecular weight excluding hydrogens is 402 g/mol. The van der Waals surface area contributed by atoms with Crippen LogP contribution in [0.5, 0.6) is 5.75 Å². The molecule has 2 fully saturated rings. The van der Waals surface area contributed by atoms with Crippen LogP contribution >= 0.6 is 0 Å². The number of rotatable bonds is 5. The summed E-state index contributed by atoms with van der Waals surface area (Å²) in [5.41, 5.74) is 18.1. The molecule has 0 atom stereocenters. The normalized spacial score (nSPS) is 23.6. The van der Waals surface area contributed by atoms with Crippen LogP contribution in [0.1, 0.15) is 62.5 Å². The highest BCUT2D eigenvalue weighted by molar-refractivity contribution is 5.83. The summed E-state index contributed by atoms with van der Waals surface area (Å²) in [5.74, 6) is 1.52. The van der Waals surface area contributed by atoms with E-state index in [4.69, 9.17) is 21.2 Å². The fourth-order valence-electron chi connectivity index (χ4n) is 6.21. The molecule has 2 aromatic rings. The molecule has 0 bridgehead atoms. The Balaban J connectivity index is 1.63. The number of nitrogens with zero attached hydrogens (tertiary/aromatic N) is 3. The standard InChI is InChI=1S/C25H35N5O2/c1-30(12-13-31)23-19-14-25(10-2-3-11-25)21-22(28-15-29-24(21)27)18(19)8-9-20(23)32-17-6-4-16(26)5-7-17/h8-9,15-17,31H,2-7,10-14,26H2,1H3,(H2,27,28,29)/t16-,17-. The number of hydrogen-bond acceptors (Lipinski definition) is 7. The molecule has 0 saturated heterocycles. The summed E-state index contributed by atoms with van der Waals surface area (Å²) in [6, 6.07) is 4.51. The summed E-state index contributed by atoms with van der Waals surface area (Å²) in [6.45, 7) is 0.642. The summed E-state index contributed by atoms with van der Waals surface area (Å²) in [7, 11) is 2.04. The number of nitrogens with two attached hydrogens (primary N) is 2. The van der Waals surface area contributed by atoms with Gasteiger partial charge in [0.05, 0.1) is 24.1 Å². The number of benzene rings is 1. The fraction of sp³-hybridized carbons (Fsp3) is 0.600.